The molecule has 1 aromatic rings. The minimum absolute atomic E-state index is 0.0122. The zero-order valence-corrected chi connectivity index (χ0v) is 10.8. The minimum atomic E-state index is 0.0122. The van der Waals surface area contributed by atoms with Crippen molar-refractivity contribution in [2.24, 2.45) is 0 Å². The lowest BCUT2D eigenvalue weighted by molar-refractivity contribution is 0.0239. The quantitative estimate of drug-likeness (QED) is 0.873. The van der Waals surface area contributed by atoms with E-state index in [1.54, 1.807) is 0 Å². The Kier molecular flexibility index (Phi) is 4.19. The van der Waals surface area contributed by atoms with E-state index < -0.39 is 0 Å². The van der Waals surface area contributed by atoms with Crippen LogP contribution in [-0.2, 0) is 4.74 Å². The molecule has 0 saturated carbocycles. The smallest absolute Gasteiger partial charge is 0.244 e. The molecule has 1 fully saturated rings. The van der Waals surface area contributed by atoms with Crippen molar-refractivity contribution in [1.82, 2.24) is 9.97 Å². The molecule has 2 rings (SSSR count). The number of aromatic nitrogens is 2. The second kappa shape index (κ2) is 5.86. The molecule has 2 N–H and O–H groups in total. The van der Waals surface area contributed by atoms with E-state index in [9.17, 15) is 0 Å². The Balaban J connectivity index is 2.07. The number of anilines is 1. The lowest BCUT2D eigenvalue weighted by atomic mass is 10.1. The van der Waals surface area contributed by atoms with Crippen LogP contribution in [0.2, 0.25) is 0 Å². The fraction of sp³-hybridized carbons (Fsp3) is 0.667. The average Bonchev–Trinajstić information content (AvgIpc) is 2.35. The van der Waals surface area contributed by atoms with Crippen molar-refractivity contribution < 1.29 is 14.2 Å². The van der Waals surface area contributed by atoms with Crippen molar-refractivity contribution in [3.05, 3.63) is 6.33 Å². The summed E-state index contributed by atoms with van der Waals surface area (Å²) in [6, 6.07) is 0. The Morgan fingerprint density at radius 1 is 1.28 bits per heavy atom. The number of hydrogen-bond acceptors (Lipinski definition) is 6. The zero-order chi connectivity index (χ0) is 13.0. The highest BCUT2D eigenvalue weighted by atomic mass is 16.5. The van der Waals surface area contributed by atoms with E-state index in [4.69, 9.17) is 19.9 Å². The van der Waals surface area contributed by atoms with Crippen LogP contribution in [0.4, 0.5) is 5.69 Å². The van der Waals surface area contributed by atoms with Gasteiger partial charge in [0.15, 0.2) is 5.69 Å². The van der Waals surface area contributed by atoms with E-state index in [0.717, 1.165) is 12.8 Å². The molecule has 0 atom stereocenters. The van der Waals surface area contributed by atoms with Crippen molar-refractivity contribution in [1.29, 1.82) is 0 Å². The van der Waals surface area contributed by atoms with Crippen molar-refractivity contribution in [3.8, 4) is 11.8 Å². The molecule has 18 heavy (non-hydrogen) atoms. The summed E-state index contributed by atoms with van der Waals surface area (Å²) in [6.07, 6.45) is 3.22. The maximum atomic E-state index is 5.94. The van der Waals surface area contributed by atoms with E-state index >= 15 is 0 Å². The lowest BCUT2D eigenvalue weighted by Crippen LogP contribution is -2.26. The molecule has 100 valence electrons. The fourth-order valence-electron chi connectivity index (χ4n) is 1.73. The topological polar surface area (TPSA) is 79.5 Å². The molecule has 0 spiro atoms. The van der Waals surface area contributed by atoms with Gasteiger partial charge in [-0.2, -0.15) is 9.97 Å². The Hall–Kier alpha value is -1.56. The normalized spacial score (nSPS) is 16.8. The molecule has 1 aliphatic heterocycles. The van der Waals surface area contributed by atoms with E-state index in [-0.39, 0.29) is 12.2 Å². The third-order valence-corrected chi connectivity index (χ3v) is 2.60. The Morgan fingerprint density at radius 3 is 2.61 bits per heavy atom. The van der Waals surface area contributed by atoms with Gasteiger partial charge >= 0.3 is 0 Å². The highest BCUT2D eigenvalue weighted by Gasteiger charge is 2.19. The molecule has 0 aromatic carbocycles. The van der Waals surface area contributed by atoms with Gasteiger partial charge in [0, 0.05) is 12.8 Å². The number of nitrogens with two attached hydrogens (primary N) is 1. The molecule has 0 amide bonds. The van der Waals surface area contributed by atoms with Gasteiger partial charge in [-0.25, -0.2) is 0 Å². The molecular formula is C12H19N3O3. The number of rotatable bonds is 4. The second-order valence-electron chi connectivity index (χ2n) is 4.49. The Labute approximate surface area is 106 Å². The minimum Gasteiger partial charge on any atom is -0.473 e. The fourth-order valence-corrected chi connectivity index (χ4v) is 1.73. The largest absolute Gasteiger partial charge is 0.473 e. The van der Waals surface area contributed by atoms with Crippen LogP contribution in [0, 0.1) is 0 Å². The third kappa shape index (κ3) is 3.22. The summed E-state index contributed by atoms with van der Waals surface area (Å²) in [6.45, 7) is 5.26. The Bertz CT molecular complexity index is 392. The van der Waals surface area contributed by atoms with Crippen molar-refractivity contribution >= 4 is 5.69 Å². The van der Waals surface area contributed by atoms with Crippen molar-refractivity contribution in [2.75, 3.05) is 18.9 Å². The predicted octanol–water partition coefficient (Wildman–Crippen LogP) is 1.40. The van der Waals surface area contributed by atoms with Gasteiger partial charge in [-0.3, -0.25) is 0 Å². The molecule has 6 nitrogen and oxygen atoms in total. The number of nitrogen functional groups attached to an aromatic ring is 1. The van der Waals surface area contributed by atoms with Gasteiger partial charge in [0.05, 0.1) is 19.3 Å². The maximum absolute atomic E-state index is 5.94. The van der Waals surface area contributed by atoms with Crippen LogP contribution >= 0.6 is 0 Å². The van der Waals surface area contributed by atoms with Crippen LogP contribution in [0.1, 0.15) is 26.7 Å². The standard InChI is InChI=1S/C12H19N3O3/c1-8(2)17-11-10(13)12(15-7-14-11)18-9-3-5-16-6-4-9/h7-9H,3-6,13H2,1-2H3. The molecule has 1 aromatic heterocycles. The lowest BCUT2D eigenvalue weighted by Gasteiger charge is -2.23. The van der Waals surface area contributed by atoms with Gasteiger partial charge in [-0.15, -0.1) is 0 Å². The van der Waals surface area contributed by atoms with Gasteiger partial charge in [0.2, 0.25) is 11.8 Å². The summed E-state index contributed by atoms with van der Waals surface area (Å²) in [5, 5.41) is 0. The molecule has 0 unspecified atom stereocenters. The van der Waals surface area contributed by atoms with E-state index in [0.29, 0.717) is 30.7 Å². The molecule has 1 saturated heterocycles. The molecule has 0 aliphatic carbocycles. The van der Waals surface area contributed by atoms with Crippen LogP contribution < -0.4 is 15.2 Å². The average molecular weight is 253 g/mol. The summed E-state index contributed by atoms with van der Waals surface area (Å²) >= 11 is 0. The highest BCUT2D eigenvalue weighted by Crippen LogP contribution is 2.29. The monoisotopic (exact) mass is 253 g/mol. The molecular weight excluding hydrogens is 234 g/mol. The summed E-state index contributed by atoms with van der Waals surface area (Å²) in [5.41, 5.74) is 6.30. The molecule has 6 heteroatoms. The first-order valence-corrected chi connectivity index (χ1v) is 6.18. The van der Waals surface area contributed by atoms with Gasteiger partial charge in [0.1, 0.15) is 12.4 Å². The van der Waals surface area contributed by atoms with Crippen LogP contribution in [0.3, 0.4) is 0 Å². The third-order valence-electron chi connectivity index (χ3n) is 2.60. The molecule has 1 aliphatic rings. The van der Waals surface area contributed by atoms with Crippen LogP contribution in [-0.4, -0.2) is 35.4 Å². The highest BCUT2D eigenvalue weighted by molar-refractivity contribution is 5.55. The maximum Gasteiger partial charge on any atom is 0.244 e. The van der Waals surface area contributed by atoms with E-state index in [2.05, 4.69) is 9.97 Å². The van der Waals surface area contributed by atoms with Crippen LogP contribution in [0.15, 0.2) is 6.33 Å². The van der Waals surface area contributed by atoms with Gasteiger partial charge in [-0.1, -0.05) is 0 Å². The van der Waals surface area contributed by atoms with Gasteiger partial charge < -0.3 is 19.9 Å². The summed E-state index contributed by atoms with van der Waals surface area (Å²) in [7, 11) is 0. The first-order valence-electron chi connectivity index (χ1n) is 6.18. The summed E-state index contributed by atoms with van der Waals surface area (Å²) in [5.74, 6) is 0.773. The predicted molar refractivity (Wildman–Crippen MR) is 66.7 cm³/mol. The first-order chi connectivity index (χ1) is 8.66. The van der Waals surface area contributed by atoms with E-state index in [1.807, 2.05) is 13.8 Å². The number of ether oxygens (including phenoxy) is 3. The van der Waals surface area contributed by atoms with E-state index in [1.165, 1.54) is 6.33 Å². The summed E-state index contributed by atoms with van der Waals surface area (Å²) in [4.78, 5) is 8.07. The SMILES string of the molecule is CC(C)Oc1ncnc(OC2CCOCC2)c1N. The van der Waals surface area contributed by atoms with Gasteiger partial charge in [-0.05, 0) is 13.8 Å². The zero-order valence-electron chi connectivity index (χ0n) is 10.8. The number of nitrogens with zero attached hydrogens (tertiary/aromatic N) is 2. The molecule has 0 radical (unpaired) electrons. The second-order valence-corrected chi connectivity index (χ2v) is 4.49. The van der Waals surface area contributed by atoms with Crippen LogP contribution in [0.25, 0.3) is 0 Å². The van der Waals surface area contributed by atoms with Crippen molar-refractivity contribution in [2.45, 2.75) is 38.9 Å². The van der Waals surface area contributed by atoms with Crippen molar-refractivity contribution in [3.63, 3.8) is 0 Å². The Morgan fingerprint density at radius 2 is 1.94 bits per heavy atom. The molecule has 2 heterocycles. The van der Waals surface area contributed by atoms with Gasteiger partial charge in [0.25, 0.3) is 0 Å². The number of hydrogen-bond donors (Lipinski definition) is 1. The molecule has 0 bridgehead atoms. The van der Waals surface area contributed by atoms with Crippen LogP contribution in [0.5, 0.6) is 11.8 Å². The summed E-state index contributed by atoms with van der Waals surface area (Å²) < 4.78 is 16.5. The first kappa shape index (κ1) is 12.9.